The molecule has 0 amide bonds. The summed E-state index contributed by atoms with van der Waals surface area (Å²) in [4.78, 5) is 11.0. The lowest BCUT2D eigenvalue weighted by molar-refractivity contribution is -0.137. The van der Waals surface area contributed by atoms with Crippen LogP contribution in [-0.4, -0.2) is 19.2 Å². The Morgan fingerprint density at radius 3 is 2.44 bits per heavy atom. The zero-order valence-corrected chi connectivity index (χ0v) is 14.3. The van der Waals surface area contributed by atoms with Crippen molar-refractivity contribution in [1.29, 1.82) is 0 Å². The highest BCUT2D eigenvalue weighted by Crippen LogP contribution is 2.36. The highest BCUT2D eigenvalue weighted by Gasteiger charge is 2.07. The van der Waals surface area contributed by atoms with Crippen molar-refractivity contribution in [2.45, 2.75) is 6.92 Å². The second-order valence-corrected chi connectivity index (χ2v) is 5.79. The lowest BCUT2D eigenvalue weighted by Crippen LogP contribution is -2.01. The van der Waals surface area contributed by atoms with E-state index in [4.69, 9.17) is 9.47 Å². The number of esters is 1. The second kappa shape index (κ2) is 7.96. The number of benzene rings is 1. The summed E-state index contributed by atoms with van der Waals surface area (Å²) in [6.45, 7) is 2.42. The Kier molecular flexibility index (Phi) is 6.96. The molecule has 3 nitrogen and oxygen atoms in total. The molecule has 0 saturated heterocycles. The van der Waals surface area contributed by atoms with E-state index in [0.29, 0.717) is 12.4 Å². The van der Waals surface area contributed by atoms with Gasteiger partial charge in [-0.2, -0.15) is 0 Å². The maximum absolute atomic E-state index is 11.0. The number of rotatable bonds is 5. The van der Waals surface area contributed by atoms with Gasteiger partial charge in [0.15, 0.2) is 0 Å². The zero-order valence-electron chi connectivity index (χ0n) is 9.58. The van der Waals surface area contributed by atoms with Gasteiger partial charge in [0.05, 0.1) is 15.6 Å². The van der Waals surface area contributed by atoms with Crippen molar-refractivity contribution in [1.82, 2.24) is 0 Å². The van der Waals surface area contributed by atoms with Gasteiger partial charge < -0.3 is 9.47 Å². The van der Waals surface area contributed by atoms with Gasteiger partial charge in [0.25, 0.3) is 0 Å². The van der Waals surface area contributed by atoms with Crippen molar-refractivity contribution >= 4 is 53.8 Å². The van der Waals surface area contributed by atoms with E-state index >= 15 is 0 Å². The molecular weight excluding hydrogens is 432 g/mol. The first-order valence-corrected chi connectivity index (χ1v) is 7.53. The zero-order chi connectivity index (χ0) is 13.5. The largest absolute Gasteiger partial charge is 0.487 e. The summed E-state index contributed by atoms with van der Waals surface area (Å²) in [5.74, 6) is 0.321. The monoisotopic (exact) mass is 440 g/mol. The van der Waals surface area contributed by atoms with Gasteiger partial charge in [-0.05, 0) is 57.0 Å². The van der Waals surface area contributed by atoms with Gasteiger partial charge >= 0.3 is 5.97 Å². The van der Waals surface area contributed by atoms with Crippen LogP contribution in [0.5, 0.6) is 5.75 Å². The molecule has 0 spiro atoms. The van der Waals surface area contributed by atoms with Crippen LogP contribution in [0.3, 0.4) is 0 Å². The summed E-state index contributed by atoms with van der Waals surface area (Å²) in [5, 5.41) is 0. The molecule has 0 aliphatic rings. The minimum atomic E-state index is -0.366. The van der Waals surface area contributed by atoms with Gasteiger partial charge in [0.2, 0.25) is 0 Å². The summed E-state index contributed by atoms with van der Waals surface area (Å²) in [7, 11) is 0. The molecule has 0 fully saturated rings. The predicted molar refractivity (Wildman–Crippen MR) is 80.8 cm³/mol. The summed E-state index contributed by atoms with van der Waals surface area (Å²) in [5.41, 5.74) is 0. The van der Waals surface area contributed by atoms with Gasteiger partial charge in [-0.1, -0.05) is 15.9 Å². The first kappa shape index (κ1) is 15.7. The van der Waals surface area contributed by atoms with Gasteiger partial charge in [-0.3, -0.25) is 0 Å². The van der Waals surface area contributed by atoms with Gasteiger partial charge in [0, 0.05) is 10.5 Å². The maximum Gasteiger partial charge on any atom is 0.330 e. The summed E-state index contributed by atoms with van der Waals surface area (Å²) < 4.78 is 12.9. The number of carbonyl (C=O) groups excluding carboxylic acids is 1. The van der Waals surface area contributed by atoms with Gasteiger partial charge in [0.1, 0.15) is 12.4 Å². The van der Waals surface area contributed by atoms with E-state index in [1.807, 2.05) is 12.1 Å². The van der Waals surface area contributed by atoms with Crippen molar-refractivity contribution < 1.29 is 14.3 Å². The summed E-state index contributed by atoms with van der Waals surface area (Å²) in [6.07, 6.45) is 2.96. The van der Waals surface area contributed by atoms with Crippen LogP contribution in [0.4, 0.5) is 0 Å². The van der Waals surface area contributed by atoms with E-state index in [1.54, 1.807) is 13.0 Å². The molecule has 0 aliphatic carbocycles. The SMILES string of the molecule is CCOC(=O)/C=C/COc1c(Br)cc(Br)cc1Br. The van der Waals surface area contributed by atoms with E-state index in [0.717, 1.165) is 13.4 Å². The first-order valence-electron chi connectivity index (χ1n) is 5.15. The number of hydrogen-bond acceptors (Lipinski definition) is 3. The van der Waals surface area contributed by atoms with E-state index in [2.05, 4.69) is 47.8 Å². The van der Waals surface area contributed by atoms with Crippen LogP contribution in [0, 0.1) is 0 Å². The van der Waals surface area contributed by atoms with Gasteiger partial charge in [-0.15, -0.1) is 0 Å². The molecule has 0 unspecified atom stereocenters. The quantitative estimate of drug-likeness (QED) is 0.498. The molecule has 0 heterocycles. The Balaban J connectivity index is 2.57. The van der Waals surface area contributed by atoms with Crippen LogP contribution >= 0.6 is 47.8 Å². The van der Waals surface area contributed by atoms with Crippen molar-refractivity contribution in [3.63, 3.8) is 0 Å². The van der Waals surface area contributed by atoms with Crippen molar-refractivity contribution in [2.24, 2.45) is 0 Å². The smallest absolute Gasteiger partial charge is 0.330 e. The van der Waals surface area contributed by atoms with Gasteiger partial charge in [-0.25, -0.2) is 4.79 Å². The molecule has 1 rings (SSSR count). The minimum absolute atomic E-state index is 0.289. The normalized spacial score (nSPS) is 10.7. The molecule has 0 aromatic heterocycles. The Morgan fingerprint density at radius 2 is 1.89 bits per heavy atom. The molecule has 1 aromatic carbocycles. The van der Waals surface area contributed by atoms with Crippen LogP contribution in [-0.2, 0) is 9.53 Å². The van der Waals surface area contributed by atoms with Crippen LogP contribution in [0.25, 0.3) is 0 Å². The molecule has 0 radical (unpaired) electrons. The second-order valence-electron chi connectivity index (χ2n) is 3.16. The van der Waals surface area contributed by atoms with Crippen molar-refractivity contribution in [3.8, 4) is 5.75 Å². The third kappa shape index (κ3) is 5.12. The van der Waals surface area contributed by atoms with Crippen LogP contribution < -0.4 is 4.74 Å². The van der Waals surface area contributed by atoms with Crippen molar-refractivity contribution in [3.05, 3.63) is 37.7 Å². The number of hydrogen-bond donors (Lipinski definition) is 0. The lowest BCUT2D eigenvalue weighted by atomic mass is 10.3. The minimum Gasteiger partial charge on any atom is -0.487 e. The molecule has 0 N–H and O–H groups in total. The standard InChI is InChI=1S/C12H11Br3O3/c1-2-17-11(16)4-3-5-18-12-9(14)6-8(13)7-10(12)15/h3-4,6-7H,2,5H2,1H3/b4-3+. The first-order chi connectivity index (χ1) is 8.54. The third-order valence-electron chi connectivity index (χ3n) is 1.83. The molecule has 98 valence electrons. The Morgan fingerprint density at radius 1 is 1.28 bits per heavy atom. The average Bonchev–Trinajstić information content (AvgIpc) is 2.27. The molecule has 0 atom stereocenters. The molecule has 0 bridgehead atoms. The Labute approximate surface area is 131 Å². The molecule has 0 aliphatic heterocycles. The van der Waals surface area contributed by atoms with E-state index in [9.17, 15) is 4.79 Å². The average molecular weight is 443 g/mol. The number of halogens is 3. The predicted octanol–water partition coefficient (Wildman–Crippen LogP) is 4.47. The maximum atomic E-state index is 11.0. The number of ether oxygens (including phenoxy) is 2. The van der Waals surface area contributed by atoms with E-state index in [1.165, 1.54) is 6.08 Å². The Bertz CT molecular complexity index is 435. The summed E-state index contributed by atoms with van der Waals surface area (Å²) >= 11 is 10.2. The van der Waals surface area contributed by atoms with Crippen molar-refractivity contribution in [2.75, 3.05) is 13.2 Å². The fraction of sp³-hybridized carbons (Fsp3) is 0.250. The highest BCUT2D eigenvalue weighted by atomic mass is 79.9. The van der Waals surface area contributed by atoms with Crippen LogP contribution in [0.15, 0.2) is 37.7 Å². The molecule has 1 aromatic rings. The van der Waals surface area contributed by atoms with Crippen LogP contribution in [0.2, 0.25) is 0 Å². The van der Waals surface area contributed by atoms with Crippen LogP contribution in [0.1, 0.15) is 6.92 Å². The fourth-order valence-electron chi connectivity index (χ4n) is 1.13. The topological polar surface area (TPSA) is 35.5 Å². The summed E-state index contributed by atoms with van der Waals surface area (Å²) in [6, 6.07) is 3.77. The van der Waals surface area contributed by atoms with E-state index < -0.39 is 0 Å². The molecule has 0 saturated carbocycles. The Hall–Kier alpha value is -0.330. The molecule has 6 heteroatoms. The number of carbonyl (C=O) groups is 1. The highest BCUT2D eigenvalue weighted by molar-refractivity contribution is 9.11. The molecule has 18 heavy (non-hydrogen) atoms. The third-order valence-corrected chi connectivity index (χ3v) is 3.46. The lowest BCUT2D eigenvalue weighted by Gasteiger charge is -2.08. The van der Waals surface area contributed by atoms with E-state index in [-0.39, 0.29) is 12.6 Å². The molecular formula is C12H11Br3O3. The fourth-order valence-corrected chi connectivity index (χ4v) is 3.62.